The normalized spacial score (nSPS) is 18.6. The van der Waals surface area contributed by atoms with Crippen molar-refractivity contribution in [3.05, 3.63) is 0 Å². The molecule has 1 aliphatic heterocycles. The van der Waals surface area contributed by atoms with E-state index in [2.05, 4.69) is 11.8 Å². The first-order valence-electron chi connectivity index (χ1n) is 8.34. The molecule has 1 rings (SSSR count). The molecule has 0 bridgehead atoms. The van der Waals surface area contributed by atoms with Crippen LogP contribution in [0.4, 0.5) is 0 Å². The van der Waals surface area contributed by atoms with E-state index in [9.17, 15) is 0 Å². The highest BCUT2D eigenvalue weighted by Gasteiger charge is 2.16. The van der Waals surface area contributed by atoms with E-state index in [-0.39, 0.29) is 0 Å². The zero-order chi connectivity index (χ0) is 13.8. The van der Waals surface area contributed by atoms with E-state index in [4.69, 9.17) is 17.4 Å². The topological polar surface area (TPSA) is 12.5 Å². The summed E-state index contributed by atoms with van der Waals surface area (Å²) >= 11 is 4.73. The maximum atomic E-state index is 5.37. The van der Waals surface area contributed by atoms with Gasteiger partial charge in [-0.2, -0.15) is 12.6 Å². The smallest absolute Gasteiger partial charge is 0.0594 e. The van der Waals surface area contributed by atoms with Crippen LogP contribution in [0.1, 0.15) is 71.1 Å². The predicted molar refractivity (Wildman–Crippen MR) is 87.0 cm³/mol. The van der Waals surface area contributed by atoms with Gasteiger partial charge in [0, 0.05) is 13.1 Å². The molecule has 1 fully saturated rings. The van der Waals surface area contributed by atoms with Crippen LogP contribution < -0.4 is 0 Å². The molecule has 114 valence electrons. The quantitative estimate of drug-likeness (QED) is 0.444. The van der Waals surface area contributed by atoms with Gasteiger partial charge < -0.3 is 4.74 Å². The molecule has 19 heavy (non-hydrogen) atoms. The average molecular weight is 288 g/mol. The minimum Gasteiger partial charge on any atom is -0.379 e. The first-order valence-corrected chi connectivity index (χ1v) is 8.86. The molecule has 0 aromatic carbocycles. The lowest BCUT2D eigenvalue weighted by atomic mass is 10.1. The Morgan fingerprint density at radius 1 is 0.895 bits per heavy atom. The molecule has 0 spiro atoms. The van der Waals surface area contributed by atoms with Crippen LogP contribution in [-0.4, -0.2) is 36.6 Å². The van der Waals surface area contributed by atoms with E-state index >= 15 is 0 Å². The summed E-state index contributed by atoms with van der Waals surface area (Å²) in [6, 6.07) is 0. The van der Waals surface area contributed by atoms with Crippen LogP contribution in [0.15, 0.2) is 0 Å². The van der Waals surface area contributed by atoms with Crippen LogP contribution in [0.3, 0.4) is 0 Å². The summed E-state index contributed by atoms with van der Waals surface area (Å²) in [5, 5.41) is 0.452. The van der Waals surface area contributed by atoms with Gasteiger partial charge >= 0.3 is 0 Å². The standard InChI is InChI=1S/C16H33NOS/c1-2-3-4-5-6-7-8-9-10-11-16(19)17-12-14-18-15-13-17/h16,19H,2-15H2,1H3. The largest absolute Gasteiger partial charge is 0.379 e. The van der Waals surface area contributed by atoms with E-state index in [1.807, 2.05) is 0 Å². The fraction of sp³-hybridized carbons (Fsp3) is 1.00. The minimum atomic E-state index is 0.452. The lowest BCUT2D eigenvalue weighted by Crippen LogP contribution is -2.41. The fourth-order valence-electron chi connectivity index (χ4n) is 2.70. The van der Waals surface area contributed by atoms with Crippen LogP contribution in [0.25, 0.3) is 0 Å². The molecule has 0 amide bonds. The van der Waals surface area contributed by atoms with E-state index in [1.165, 1.54) is 64.2 Å². The van der Waals surface area contributed by atoms with Crippen molar-refractivity contribution in [2.75, 3.05) is 26.3 Å². The van der Waals surface area contributed by atoms with Crippen LogP contribution in [-0.2, 0) is 4.74 Å². The Morgan fingerprint density at radius 2 is 1.42 bits per heavy atom. The molecule has 0 N–H and O–H groups in total. The van der Waals surface area contributed by atoms with Crippen LogP contribution in [0.2, 0.25) is 0 Å². The Hall–Kier alpha value is 0.270. The molecule has 0 saturated carbocycles. The third-order valence-electron chi connectivity index (χ3n) is 4.03. The lowest BCUT2D eigenvalue weighted by molar-refractivity contribution is 0.0314. The number of rotatable bonds is 11. The summed E-state index contributed by atoms with van der Waals surface area (Å²) in [7, 11) is 0. The van der Waals surface area contributed by atoms with Gasteiger partial charge in [-0.1, -0.05) is 64.7 Å². The van der Waals surface area contributed by atoms with Gasteiger partial charge in [0.2, 0.25) is 0 Å². The van der Waals surface area contributed by atoms with E-state index in [0.29, 0.717) is 5.37 Å². The van der Waals surface area contributed by atoms with Crippen molar-refractivity contribution in [2.24, 2.45) is 0 Å². The first-order chi connectivity index (χ1) is 9.34. The summed E-state index contributed by atoms with van der Waals surface area (Å²) in [4.78, 5) is 2.46. The van der Waals surface area contributed by atoms with Crippen LogP contribution >= 0.6 is 12.6 Å². The van der Waals surface area contributed by atoms with Gasteiger partial charge in [-0.25, -0.2) is 0 Å². The molecule has 1 saturated heterocycles. The summed E-state index contributed by atoms with van der Waals surface area (Å²) in [5.74, 6) is 0. The maximum Gasteiger partial charge on any atom is 0.0594 e. The van der Waals surface area contributed by atoms with E-state index in [0.717, 1.165) is 26.3 Å². The van der Waals surface area contributed by atoms with Crippen molar-refractivity contribution in [1.82, 2.24) is 4.90 Å². The molecule has 0 aliphatic carbocycles. The lowest BCUT2D eigenvalue weighted by Gasteiger charge is -2.31. The van der Waals surface area contributed by atoms with Crippen molar-refractivity contribution in [3.8, 4) is 0 Å². The third-order valence-corrected chi connectivity index (χ3v) is 4.62. The van der Waals surface area contributed by atoms with Crippen LogP contribution in [0.5, 0.6) is 0 Å². The molecule has 0 radical (unpaired) electrons. The molecule has 1 atom stereocenters. The maximum absolute atomic E-state index is 5.37. The Balaban J connectivity index is 1.84. The number of morpholine rings is 1. The highest BCUT2D eigenvalue weighted by atomic mass is 32.1. The second-order valence-electron chi connectivity index (χ2n) is 5.75. The monoisotopic (exact) mass is 287 g/mol. The van der Waals surface area contributed by atoms with Gasteiger partial charge in [0.15, 0.2) is 0 Å². The number of unbranched alkanes of at least 4 members (excludes halogenated alkanes) is 8. The SMILES string of the molecule is CCCCCCCCCCCC(S)N1CCOCC1. The number of ether oxygens (including phenoxy) is 1. The molecular formula is C16H33NOS. The summed E-state index contributed by atoms with van der Waals surface area (Å²) < 4.78 is 5.37. The predicted octanol–water partition coefficient (Wildman–Crippen LogP) is 4.50. The van der Waals surface area contributed by atoms with Crippen molar-refractivity contribution in [2.45, 2.75) is 76.5 Å². The molecule has 1 aliphatic rings. The van der Waals surface area contributed by atoms with Gasteiger partial charge in [0.1, 0.15) is 0 Å². The summed E-state index contributed by atoms with van der Waals surface area (Å²) in [6.07, 6.45) is 13.9. The molecule has 3 heteroatoms. The van der Waals surface area contributed by atoms with Gasteiger partial charge in [-0.15, -0.1) is 0 Å². The van der Waals surface area contributed by atoms with Crippen molar-refractivity contribution in [3.63, 3.8) is 0 Å². The van der Waals surface area contributed by atoms with Gasteiger partial charge in [0.25, 0.3) is 0 Å². The Labute approximate surface area is 125 Å². The Bertz CT molecular complexity index is 195. The third kappa shape index (κ3) is 8.93. The minimum absolute atomic E-state index is 0.452. The Morgan fingerprint density at radius 3 is 2.00 bits per heavy atom. The van der Waals surface area contributed by atoms with Gasteiger partial charge in [0.05, 0.1) is 18.6 Å². The zero-order valence-electron chi connectivity index (χ0n) is 12.8. The fourth-order valence-corrected chi connectivity index (χ4v) is 3.11. The zero-order valence-corrected chi connectivity index (χ0v) is 13.7. The van der Waals surface area contributed by atoms with Gasteiger partial charge in [-0.3, -0.25) is 4.90 Å². The summed E-state index contributed by atoms with van der Waals surface area (Å²) in [5.41, 5.74) is 0. The second-order valence-corrected chi connectivity index (χ2v) is 6.34. The molecular weight excluding hydrogens is 254 g/mol. The molecule has 0 aromatic rings. The number of hydrogen-bond acceptors (Lipinski definition) is 3. The van der Waals surface area contributed by atoms with E-state index in [1.54, 1.807) is 0 Å². The summed E-state index contributed by atoms with van der Waals surface area (Å²) in [6.45, 7) is 6.17. The van der Waals surface area contributed by atoms with Crippen molar-refractivity contribution in [1.29, 1.82) is 0 Å². The Kier molecular flexibility index (Phi) is 11.0. The van der Waals surface area contributed by atoms with Crippen molar-refractivity contribution < 1.29 is 4.74 Å². The highest BCUT2D eigenvalue weighted by Crippen LogP contribution is 2.16. The first kappa shape index (κ1) is 17.3. The number of nitrogens with zero attached hydrogens (tertiary/aromatic N) is 1. The van der Waals surface area contributed by atoms with Gasteiger partial charge in [-0.05, 0) is 6.42 Å². The molecule has 1 heterocycles. The van der Waals surface area contributed by atoms with E-state index < -0.39 is 0 Å². The molecule has 1 unspecified atom stereocenters. The highest BCUT2D eigenvalue weighted by molar-refractivity contribution is 7.80. The number of thiol groups is 1. The average Bonchev–Trinajstić information content (AvgIpc) is 2.46. The number of hydrogen-bond donors (Lipinski definition) is 1. The molecule has 2 nitrogen and oxygen atoms in total. The van der Waals surface area contributed by atoms with Crippen molar-refractivity contribution >= 4 is 12.6 Å². The second kappa shape index (κ2) is 12.0. The molecule has 0 aromatic heterocycles. The van der Waals surface area contributed by atoms with Crippen LogP contribution in [0, 0.1) is 0 Å².